The molecule has 2 aromatic carbocycles. The maximum absolute atomic E-state index is 13.5. The van der Waals surface area contributed by atoms with Crippen LogP contribution in [0, 0.1) is 0 Å². The maximum atomic E-state index is 13.5. The Labute approximate surface area is 250 Å². The van der Waals surface area contributed by atoms with Crippen LogP contribution >= 0.6 is 23.1 Å². The van der Waals surface area contributed by atoms with E-state index in [0.717, 1.165) is 20.8 Å². The van der Waals surface area contributed by atoms with Crippen LogP contribution in [0.5, 0.6) is 0 Å². The molecule has 0 radical (unpaired) electrons. The van der Waals surface area contributed by atoms with Crippen LogP contribution in [0.4, 0.5) is 5.69 Å². The quantitative estimate of drug-likeness (QED) is 0.143. The monoisotopic (exact) mass is 648 g/mol. The van der Waals surface area contributed by atoms with Crippen molar-refractivity contribution in [2.75, 3.05) is 23.0 Å². The number of benzene rings is 2. The number of para-hydroxylation sites is 2. The van der Waals surface area contributed by atoms with Gasteiger partial charge in [-0.15, -0.1) is 0 Å². The van der Waals surface area contributed by atoms with Gasteiger partial charge < -0.3 is 10.0 Å². The molecule has 15 heteroatoms. The van der Waals surface area contributed by atoms with Gasteiger partial charge in [0, 0.05) is 41.1 Å². The number of thiazole rings is 1. The number of anilines is 1. The number of hydrogen-bond donors (Lipinski definition) is 2. The van der Waals surface area contributed by atoms with Crippen LogP contribution in [0.3, 0.4) is 0 Å². The largest absolute Gasteiger partial charge is 0.871 e. The number of thioether (sulfide) groups is 1. The molecule has 0 spiro atoms. The first-order valence-corrected chi connectivity index (χ1v) is 17.5. The second kappa shape index (κ2) is 11.7. The van der Waals surface area contributed by atoms with E-state index in [4.69, 9.17) is 9.11 Å². The molecular weight excluding hydrogens is 625 g/mol. The van der Waals surface area contributed by atoms with E-state index in [2.05, 4.69) is 0 Å². The Kier molecular flexibility index (Phi) is 8.42. The van der Waals surface area contributed by atoms with Crippen LogP contribution in [0.25, 0.3) is 16.3 Å². The Bertz CT molecular complexity index is 1920. The van der Waals surface area contributed by atoms with Gasteiger partial charge >= 0.3 is 0 Å². The molecule has 0 unspecified atom stereocenters. The number of nitrogens with zero attached hydrogens (tertiary/aromatic N) is 2. The highest BCUT2D eigenvalue weighted by Crippen LogP contribution is 2.46. The van der Waals surface area contributed by atoms with E-state index < -0.39 is 49.1 Å². The molecule has 2 N–H and O–H groups in total. The van der Waals surface area contributed by atoms with E-state index in [-0.39, 0.29) is 37.1 Å². The molecule has 1 aliphatic carbocycles. The normalized spacial score (nSPS) is 17.8. The topological polar surface area (TPSA) is 173 Å². The summed E-state index contributed by atoms with van der Waals surface area (Å²) < 4.78 is 65.8. The molecule has 2 heterocycles. The van der Waals surface area contributed by atoms with E-state index in [1.54, 1.807) is 33.7 Å². The lowest BCUT2D eigenvalue weighted by Gasteiger charge is -2.20. The second-order valence-corrected chi connectivity index (χ2v) is 14.8. The highest BCUT2D eigenvalue weighted by Gasteiger charge is 2.34. The molecule has 0 bridgehead atoms. The predicted molar refractivity (Wildman–Crippen MR) is 157 cm³/mol. The molecule has 3 aromatic rings. The van der Waals surface area contributed by atoms with E-state index >= 15 is 0 Å². The van der Waals surface area contributed by atoms with Gasteiger partial charge in [0.25, 0.3) is 25.2 Å². The highest BCUT2D eigenvalue weighted by molar-refractivity contribution is 8.03. The molecule has 220 valence electrons. The second-order valence-electron chi connectivity index (χ2n) is 9.50. The van der Waals surface area contributed by atoms with Crippen LogP contribution in [0.2, 0.25) is 0 Å². The van der Waals surface area contributed by atoms with Crippen LogP contribution in [0.15, 0.2) is 81.4 Å². The van der Waals surface area contributed by atoms with E-state index in [1.165, 1.54) is 35.3 Å². The van der Waals surface area contributed by atoms with Gasteiger partial charge in [-0.1, -0.05) is 53.1 Å². The highest BCUT2D eigenvalue weighted by atomic mass is 32.2. The fraction of sp³-hybridized carbons (Fsp3) is 0.222. The van der Waals surface area contributed by atoms with Crippen molar-refractivity contribution >= 4 is 76.9 Å². The summed E-state index contributed by atoms with van der Waals surface area (Å²) in [5, 5.41) is 14.4. The zero-order valence-corrected chi connectivity index (χ0v) is 25.1. The van der Waals surface area contributed by atoms with Crippen LogP contribution in [-0.4, -0.2) is 55.6 Å². The first-order chi connectivity index (χ1) is 19.8. The Morgan fingerprint density at radius 3 is 2.29 bits per heavy atom. The molecule has 5 rings (SSSR count). The van der Waals surface area contributed by atoms with Crippen molar-refractivity contribution in [2.45, 2.75) is 24.3 Å². The van der Waals surface area contributed by atoms with Crippen molar-refractivity contribution in [3.63, 3.8) is 0 Å². The molecule has 42 heavy (non-hydrogen) atoms. The summed E-state index contributed by atoms with van der Waals surface area (Å²) in [6.07, 6.45) is 2.84. The van der Waals surface area contributed by atoms with Crippen LogP contribution in [0.1, 0.15) is 17.8 Å². The maximum Gasteiger partial charge on any atom is 0.265 e. The number of fused-ring (bicyclic) bond motifs is 2. The number of hydrogen-bond acceptors (Lipinski definition) is 10. The standard InChI is InChI=1S/C27H24N2O9S4/c30-25-17(15-23-28(11-5-13-41(33,34)35)19-7-1-3-9-21(19)39-23)26(31)27(32)18(25)16-24-29(12-6-14-42(36,37)38)20-8-2-4-10-22(20)40-24/h1-4,7-10,15-16H,5-6,11-14H2,(H2-,30,31,32,33,34,35,36,37,38). The molecule has 1 aromatic heterocycles. The Morgan fingerprint density at radius 1 is 0.881 bits per heavy atom. The third kappa shape index (κ3) is 6.50. The van der Waals surface area contributed by atoms with Crippen molar-refractivity contribution in [2.24, 2.45) is 0 Å². The average Bonchev–Trinajstić information content (AvgIpc) is 3.51. The third-order valence-electron chi connectivity index (χ3n) is 6.56. The molecule has 0 fully saturated rings. The molecule has 0 amide bonds. The lowest BCUT2D eigenvalue weighted by atomic mass is 10.1. The Morgan fingerprint density at radius 2 is 1.55 bits per heavy atom. The number of allylic oxidation sites excluding steroid dienone is 3. The minimum Gasteiger partial charge on any atom is -0.871 e. The van der Waals surface area contributed by atoms with Gasteiger partial charge in [0.05, 0.1) is 22.2 Å². The summed E-state index contributed by atoms with van der Waals surface area (Å²) in [5.74, 6) is -3.63. The fourth-order valence-electron chi connectivity index (χ4n) is 4.70. The van der Waals surface area contributed by atoms with Gasteiger partial charge in [-0.2, -0.15) is 21.4 Å². The summed E-state index contributed by atoms with van der Waals surface area (Å²) in [7, 11) is -8.37. The smallest absolute Gasteiger partial charge is 0.265 e. The predicted octanol–water partition coefficient (Wildman–Crippen LogP) is 2.35. The van der Waals surface area contributed by atoms with Crippen molar-refractivity contribution in [1.82, 2.24) is 0 Å². The van der Waals surface area contributed by atoms with Gasteiger partial charge in [-0.3, -0.25) is 18.7 Å². The van der Waals surface area contributed by atoms with Crippen molar-refractivity contribution in [1.29, 1.82) is 0 Å². The molecule has 0 saturated carbocycles. The van der Waals surface area contributed by atoms with E-state index in [0.29, 0.717) is 10.0 Å². The minimum atomic E-state index is -4.18. The van der Waals surface area contributed by atoms with Crippen molar-refractivity contribution in [3.8, 4) is 0 Å². The van der Waals surface area contributed by atoms with Crippen molar-refractivity contribution < 1.29 is 45.2 Å². The van der Waals surface area contributed by atoms with Gasteiger partial charge in [0.2, 0.25) is 17.1 Å². The average molecular weight is 649 g/mol. The zero-order chi connectivity index (χ0) is 30.2. The number of carbonyl (C=O) groups is 2. The molecule has 1 aliphatic heterocycles. The molecule has 0 atom stereocenters. The van der Waals surface area contributed by atoms with Crippen LogP contribution in [-0.2, 0) is 36.4 Å². The SMILES string of the molecule is O=C1C(=O)/C(=C/c2sc3ccccc3[n+]2CCCS(=O)(=O)O)C([O-])=C1/C=C1\Sc2ccccc2N1CCCS(=O)(=O)O. The third-order valence-corrected chi connectivity index (χ3v) is 10.4. The molecular formula is C27H24N2O9S4. The fourth-order valence-corrected chi connectivity index (χ4v) is 7.95. The Hall–Kier alpha value is -3.34. The van der Waals surface area contributed by atoms with Gasteiger partial charge in [-0.25, -0.2) is 0 Å². The lowest BCUT2D eigenvalue weighted by molar-refractivity contribution is -0.668. The van der Waals surface area contributed by atoms with E-state index in [1.807, 2.05) is 24.3 Å². The zero-order valence-electron chi connectivity index (χ0n) is 21.8. The number of carbonyl (C=O) groups excluding carboxylic acids is 2. The number of Topliss-reactive ketones (excluding diaryl/α,β-unsaturated/α-hetero) is 2. The summed E-state index contributed by atoms with van der Waals surface area (Å²) >= 11 is 2.53. The minimum absolute atomic E-state index is 0.0793. The molecule has 0 saturated heterocycles. The first kappa shape index (κ1) is 30.1. The van der Waals surface area contributed by atoms with Crippen molar-refractivity contribution in [3.05, 3.63) is 81.5 Å². The van der Waals surface area contributed by atoms with Gasteiger partial charge in [0.15, 0.2) is 6.54 Å². The molecule has 11 nitrogen and oxygen atoms in total. The Balaban J connectivity index is 1.51. The summed E-state index contributed by atoms with van der Waals surface area (Å²) in [5.41, 5.74) is 0.836. The first-order valence-electron chi connectivity index (χ1n) is 12.6. The summed E-state index contributed by atoms with van der Waals surface area (Å²) in [4.78, 5) is 28.6. The van der Waals surface area contributed by atoms with Crippen LogP contribution < -0.4 is 14.6 Å². The van der Waals surface area contributed by atoms with Gasteiger partial charge in [0.1, 0.15) is 4.70 Å². The number of aromatic nitrogens is 1. The van der Waals surface area contributed by atoms with Gasteiger partial charge in [-0.05, 0) is 30.7 Å². The number of aryl methyl sites for hydroxylation is 1. The summed E-state index contributed by atoms with van der Waals surface area (Å²) in [6, 6.07) is 14.5. The number of ketones is 2. The summed E-state index contributed by atoms with van der Waals surface area (Å²) in [6.45, 7) is 0.348. The number of rotatable bonds is 10. The lowest BCUT2D eigenvalue weighted by Crippen LogP contribution is -2.36. The molecule has 2 aliphatic rings. The van der Waals surface area contributed by atoms with E-state index in [9.17, 15) is 31.5 Å².